The number of nitrogens with zero attached hydrogens (tertiary/aromatic N) is 2. The van der Waals surface area contributed by atoms with Gasteiger partial charge in [0, 0.05) is 25.3 Å². The fourth-order valence-electron chi connectivity index (χ4n) is 3.80. The molecule has 3 rings (SSSR count). The van der Waals surface area contributed by atoms with Gasteiger partial charge in [0.05, 0.1) is 18.8 Å². The quantitative estimate of drug-likeness (QED) is 0.640. The van der Waals surface area contributed by atoms with Crippen LogP contribution in [0.5, 0.6) is 5.75 Å². The van der Waals surface area contributed by atoms with Crippen LogP contribution in [0.25, 0.3) is 0 Å². The summed E-state index contributed by atoms with van der Waals surface area (Å²) in [6.07, 6.45) is 5.68. The summed E-state index contributed by atoms with van der Waals surface area (Å²) in [4.78, 5) is 50.7. The van der Waals surface area contributed by atoms with Gasteiger partial charge in [-0.1, -0.05) is 19.3 Å². The molecule has 0 radical (unpaired) electrons. The van der Waals surface area contributed by atoms with Gasteiger partial charge in [-0.3, -0.25) is 19.2 Å². The first-order valence-corrected chi connectivity index (χ1v) is 9.75. The van der Waals surface area contributed by atoms with Gasteiger partial charge in [0.2, 0.25) is 0 Å². The van der Waals surface area contributed by atoms with Crippen LogP contribution in [0.1, 0.15) is 58.9 Å². The Morgan fingerprint density at radius 2 is 1.79 bits per heavy atom. The first-order valence-electron chi connectivity index (χ1n) is 9.75. The predicted molar refractivity (Wildman–Crippen MR) is 101 cm³/mol. The van der Waals surface area contributed by atoms with E-state index in [1.54, 1.807) is 0 Å². The SMILES string of the molecule is O=C(O)CNC(=O)c1c(O)c(C(=O)N2CCOCC2)cn(C2CCCCC2)c1=O. The Morgan fingerprint density at radius 1 is 1.14 bits per heavy atom. The number of morpholine rings is 1. The third kappa shape index (κ3) is 4.58. The van der Waals surface area contributed by atoms with Crippen molar-refractivity contribution in [1.29, 1.82) is 0 Å². The smallest absolute Gasteiger partial charge is 0.322 e. The number of aromatic nitrogens is 1. The Morgan fingerprint density at radius 3 is 2.41 bits per heavy atom. The van der Waals surface area contributed by atoms with Gasteiger partial charge < -0.3 is 29.7 Å². The summed E-state index contributed by atoms with van der Waals surface area (Å²) in [5.74, 6) is -3.52. The van der Waals surface area contributed by atoms with Gasteiger partial charge in [-0.2, -0.15) is 0 Å². The lowest BCUT2D eigenvalue weighted by molar-refractivity contribution is -0.135. The average molecular weight is 407 g/mol. The van der Waals surface area contributed by atoms with E-state index in [9.17, 15) is 24.3 Å². The summed E-state index contributed by atoms with van der Waals surface area (Å²) in [6, 6.07) is -0.181. The fraction of sp³-hybridized carbons (Fsp3) is 0.579. The Labute approximate surface area is 167 Å². The number of hydrogen-bond donors (Lipinski definition) is 3. The first kappa shape index (κ1) is 20.8. The fourth-order valence-corrected chi connectivity index (χ4v) is 3.80. The number of pyridine rings is 1. The molecule has 2 fully saturated rings. The molecule has 1 aromatic rings. The molecule has 0 atom stereocenters. The van der Waals surface area contributed by atoms with Crippen LogP contribution in [0.15, 0.2) is 11.0 Å². The highest BCUT2D eigenvalue weighted by Gasteiger charge is 2.30. The molecule has 10 nitrogen and oxygen atoms in total. The molecule has 29 heavy (non-hydrogen) atoms. The van der Waals surface area contributed by atoms with Gasteiger partial charge in [-0.15, -0.1) is 0 Å². The molecule has 2 amide bonds. The molecule has 0 bridgehead atoms. The molecule has 0 spiro atoms. The molecule has 2 aliphatic rings. The number of aromatic hydroxyl groups is 1. The number of carbonyl (C=O) groups is 3. The van der Waals surface area contributed by atoms with Crippen molar-refractivity contribution in [3.05, 3.63) is 27.7 Å². The van der Waals surface area contributed by atoms with Crippen LogP contribution in [0, 0.1) is 0 Å². The number of amides is 2. The van der Waals surface area contributed by atoms with Crippen LogP contribution in [0.2, 0.25) is 0 Å². The van der Waals surface area contributed by atoms with E-state index in [0.29, 0.717) is 26.3 Å². The normalized spacial score (nSPS) is 17.7. The molecular formula is C19H25N3O7. The summed E-state index contributed by atoms with van der Waals surface area (Å²) < 4.78 is 6.59. The van der Waals surface area contributed by atoms with Gasteiger partial charge in [-0.05, 0) is 12.8 Å². The van der Waals surface area contributed by atoms with Crippen LogP contribution in [-0.2, 0) is 9.53 Å². The van der Waals surface area contributed by atoms with Crippen molar-refractivity contribution in [3.8, 4) is 5.75 Å². The van der Waals surface area contributed by atoms with Crippen LogP contribution in [-0.4, -0.2) is 70.3 Å². The average Bonchev–Trinajstić information content (AvgIpc) is 2.73. The molecule has 0 aromatic carbocycles. The van der Waals surface area contributed by atoms with Gasteiger partial charge in [0.15, 0.2) is 0 Å². The Hall–Kier alpha value is -2.88. The van der Waals surface area contributed by atoms with E-state index in [2.05, 4.69) is 5.32 Å². The molecule has 3 N–H and O–H groups in total. The highest BCUT2D eigenvalue weighted by molar-refractivity contribution is 6.04. The monoisotopic (exact) mass is 407 g/mol. The number of rotatable bonds is 5. The number of carboxylic acid groups (broad SMARTS) is 1. The van der Waals surface area contributed by atoms with Gasteiger partial charge in [0.25, 0.3) is 17.4 Å². The zero-order chi connectivity index (χ0) is 21.0. The standard InChI is InChI=1S/C19H25N3O7/c23-14(24)10-20-17(26)15-16(25)13(18(27)21-6-8-29-9-7-21)11-22(19(15)28)12-4-2-1-3-5-12/h11-12,25H,1-10H2,(H,20,26)(H,23,24). The molecule has 1 saturated carbocycles. The minimum Gasteiger partial charge on any atom is -0.506 e. The lowest BCUT2D eigenvalue weighted by atomic mass is 9.94. The Kier molecular flexibility index (Phi) is 6.53. The van der Waals surface area contributed by atoms with Crippen molar-refractivity contribution in [1.82, 2.24) is 14.8 Å². The number of aliphatic carboxylic acids is 1. The summed E-state index contributed by atoms with van der Waals surface area (Å²) in [5.41, 5.74) is -1.47. The van der Waals surface area contributed by atoms with Gasteiger partial charge >= 0.3 is 5.97 Å². The molecule has 1 aromatic heterocycles. The number of ether oxygens (including phenoxy) is 1. The van der Waals surface area contributed by atoms with Crippen molar-refractivity contribution in [2.45, 2.75) is 38.1 Å². The zero-order valence-electron chi connectivity index (χ0n) is 16.1. The van der Waals surface area contributed by atoms with Crippen molar-refractivity contribution < 1.29 is 29.3 Å². The second kappa shape index (κ2) is 9.08. The summed E-state index contributed by atoms with van der Waals surface area (Å²) >= 11 is 0. The molecule has 10 heteroatoms. The lowest BCUT2D eigenvalue weighted by Crippen LogP contribution is -2.42. The second-order valence-electron chi connectivity index (χ2n) is 7.25. The maximum absolute atomic E-state index is 13.0. The third-order valence-electron chi connectivity index (χ3n) is 5.33. The van der Waals surface area contributed by atoms with E-state index < -0.39 is 41.2 Å². The van der Waals surface area contributed by atoms with E-state index in [-0.39, 0.29) is 11.6 Å². The minimum absolute atomic E-state index is 0.141. The zero-order valence-corrected chi connectivity index (χ0v) is 16.1. The molecule has 158 valence electrons. The van der Waals surface area contributed by atoms with Crippen molar-refractivity contribution >= 4 is 17.8 Å². The molecule has 0 unspecified atom stereocenters. The first-order chi connectivity index (χ1) is 13.9. The number of carbonyl (C=O) groups excluding carboxylic acids is 2. The number of carboxylic acids is 1. The van der Waals surface area contributed by atoms with Crippen molar-refractivity contribution in [2.24, 2.45) is 0 Å². The topological polar surface area (TPSA) is 138 Å². The molecule has 1 aliphatic carbocycles. The van der Waals surface area contributed by atoms with Crippen LogP contribution in [0.3, 0.4) is 0 Å². The second-order valence-corrected chi connectivity index (χ2v) is 7.25. The van der Waals surface area contributed by atoms with E-state index in [1.807, 2.05) is 0 Å². The molecule has 1 saturated heterocycles. The molecule has 1 aliphatic heterocycles. The number of hydrogen-bond acceptors (Lipinski definition) is 6. The van der Waals surface area contributed by atoms with E-state index in [1.165, 1.54) is 15.7 Å². The molecule has 2 heterocycles. The predicted octanol–water partition coefficient (Wildman–Crippen LogP) is 0.346. The Bertz CT molecular complexity index is 852. The van der Waals surface area contributed by atoms with E-state index >= 15 is 0 Å². The van der Waals surface area contributed by atoms with Crippen LogP contribution < -0.4 is 10.9 Å². The highest BCUT2D eigenvalue weighted by atomic mass is 16.5. The third-order valence-corrected chi connectivity index (χ3v) is 5.33. The molecular weight excluding hydrogens is 382 g/mol. The van der Waals surface area contributed by atoms with Gasteiger partial charge in [0.1, 0.15) is 17.9 Å². The van der Waals surface area contributed by atoms with Crippen LogP contribution in [0.4, 0.5) is 0 Å². The summed E-state index contributed by atoms with van der Waals surface area (Å²) in [5, 5.41) is 21.5. The lowest BCUT2D eigenvalue weighted by Gasteiger charge is -2.29. The minimum atomic E-state index is -1.29. The van der Waals surface area contributed by atoms with Crippen molar-refractivity contribution in [3.63, 3.8) is 0 Å². The van der Waals surface area contributed by atoms with Crippen LogP contribution >= 0.6 is 0 Å². The maximum Gasteiger partial charge on any atom is 0.322 e. The summed E-state index contributed by atoms with van der Waals surface area (Å²) in [7, 11) is 0. The number of nitrogens with one attached hydrogen (secondary N) is 1. The largest absolute Gasteiger partial charge is 0.506 e. The van der Waals surface area contributed by atoms with E-state index in [4.69, 9.17) is 9.84 Å². The van der Waals surface area contributed by atoms with Gasteiger partial charge in [-0.25, -0.2) is 0 Å². The highest BCUT2D eigenvalue weighted by Crippen LogP contribution is 2.30. The summed E-state index contributed by atoms with van der Waals surface area (Å²) in [6.45, 7) is 0.687. The van der Waals surface area contributed by atoms with Crippen molar-refractivity contribution in [2.75, 3.05) is 32.8 Å². The van der Waals surface area contributed by atoms with E-state index in [0.717, 1.165) is 32.1 Å². The maximum atomic E-state index is 13.0. The Balaban J connectivity index is 2.05.